The number of amides is 2. The minimum Gasteiger partial charge on any atom is -0.493 e. The molecule has 0 aliphatic carbocycles. The van der Waals surface area contributed by atoms with Gasteiger partial charge in [-0.05, 0) is 24.3 Å². The highest BCUT2D eigenvalue weighted by atomic mass is 16.5. The van der Waals surface area contributed by atoms with Gasteiger partial charge in [-0.15, -0.1) is 5.10 Å². The molecule has 2 aromatic heterocycles. The summed E-state index contributed by atoms with van der Waals surface area (Å²) >= 11 is 0. The number of anilines is 1. The predicted octanol–water partition coefficient (Wildman–Crippen LogP) is 1.48. The quantitative estimate of drug-likeness (QED) is 0.623. The van der Waals surface area contributed by atoms with Crippen molar-refractivity contribution < 1.29 is 14.3 Å². The number of ether oxygens (including phenoxy) is 2. The summed E-state index contributed by atoms with van der Waals surface area (Å²) in [6, 6.07) is 8.25. The molecule has 0 aliphatic heterocycles. The third-order valence-electron chi connectivity index (χ3n) is 4.21. The molecular formula is C19H22N6O4. The first-order chi connectivity index (χ1) is 14.0. The Balaban J connectivity index is 1.59. The zero-order chi connectivity index (χ0) is 20.8. The first kappa shape index (κ1) is 19.9. The van der Waals surface area contributed by atoms with Crippen molar-refractivity contribution >= 4 is 11.7 Å². The summed E-state index contributed by atoms with van der Waals surface area (Å²) in [5.74, 6) is 1.59. The van der Waals surface area contributed by atoms with Gasteiger partial charge in [0.1, 0.15) is 0 Å². The molecule has 1 aromatic carbocycles. The van der Waals surface area contributed by atoms with E-state index in [1.807, 2.05) is 6.07 Å². The van der Waals surface area contributed by atoms with Crippen molar-refractivity contribution in [1.82, 2.24) is 24.6 Å². The molecule has 3 rings (SSSR count). The molecule has 0 saturated carbocycles. The Morgan fingerprint density at radius 3 is 2.66 bits per heavy atom. The number of hydrogen-bond donors (Lipinski definition) is 2. The fourth-order valence-electron chi connectivity index (χ4n) is 2.74. The van der Waals surface area contributed by atoms with E-state index >= 15 is 0 Å². The highest BCUT2D eigenvalue weighted by Gasteiger charge is 2.12. The fourth-order valence-corrected chi connectivity index (χ4v) is 2.74. The number of pyridine rings is 1. The van der Waals surface area contributed by atoms with E-state index in [9.17, 15) is 9.59 Å². The number of nitrogens with one attached hydrogen (secondary N) is 2. The van der Waals surface area contributed by atoms with E-state index in [0.717, 1.165) is 5.56 Å². The predicted molar refractivity (Wildman–Crippen MR) is 107 cm³/mol. The second-order valence-corrected chi connectivity index (χ2v) is 6.08. The van der Waals surface area contributed by atoms with E-state index in [4.69, 9.17) is 9.47 Å². The van der Waals surface area contributed by atoms with Crippen LogP contribution in [0.4, 0.5) is 10.5 Å². The molecule has 10 heteroatoms. The normalized spacial score (nSPS) is 10.4. The molecule has 0 aliphatic rings. The SMILES string of the molecule is COc1ccc(NC(=O)NCCn2nc(-c3cccnc3)n(C)c2=O)cc1OC. The van der Waals surface area contributed by atoms with Gasteiger partial charge in [-0.2, -0.15) is 0 Å². The van der Waals surface area contributed by atoms with Gasteiger partial charge in [-0.25, -0.2) is 14.3 Å². The molecule has 0 fully saturated rings. The molecule has 0 spiro atoms. The van der Waals surface area contributed by atoms with Crippen LogP contribution in [0.2, 0.25) is 0 Å². The molecule has 2 heterocycles. The minimum atomic E-state index is -0.409. The molecule has 10 nitrogen and oxygen atoms in total. The summed E-state index contributed by atoms with van der Waals surface area (Å²) in [5.41, 5.74) is 1.02. The maximum Gasteiger partial charge on any atom is 0.345 e. The average Bonchev–Trinajstić information content (AvgIpc) is 3.03. The number of carbonyl (C=O) groups excluding carboxylic acids is 1. The van der Waals surface area contributed by atoms with Crippen molar-refractivity contribution in [3.8, 4) is 22.9 Å². The smallest absolute Gasteiger partial charge is 0.345 e. The van der Waals surface area contributed by atoms with Gasteiger partial charge in [0.05, 0.1) is 20.8 Å². The van der Waals surface area contributed by atoms with Crippen molar-refractivity contribution in [3.05, 3.63) is 53.2 Å². The Labute approximate surface area is 167 Å². The molecule has 0 atom stereocenters. The summed E-state index contributed by atoms with van der Waals surface area (Å²) in [7, 11) is 4.70. The number of carbonyl (C=O) groups is 1. The maximum absolute atomic E-state index is 12.3. The Kier molecular flexibility index (Phi) is 6.12. The number of methoxy groups -OCH3 is 2. The van der Waals surface area contributed by atoms with Gasteiger partial charge in [0.15, 0.2) is 17.3 Å². The van der Waals surface area contributed by atoms with Crippen LogP contribution in [0, 0.1) is 0 Å². The standard InChI is InChI=1S/C19H22N6O4/c1-24-17(13-5-4-8-20-12-13)23-25(19(24)27)10-9-21-18(26)22-14-6-7-15(28-2)16(11-14)29-3/h4-8,11-12H,9-10H2,1-3H3,(H2,21,22,26). The van der Waals surface area contributed by atoms with Gasteiger partial charge in [-0.3, -0.25) is 9.55 Å². The summed E-state index contributed by atoms with van der Waals surface area (Å²) in [6.07, 6.45) is 3.29. The lowest BCUT2D eigenvalue weighted by atomic mass is 10.3. The van der Waals surface area contributed by atoms with Crippen molar-refractivity contribution in [3.63, 3.8) is 0 Å². The van der Waals surface area contributed by atoms with Crippen LogP contribution in [0.1, 0.15) is 0 Å². The van der Waals surface area contributed by atoms with Crippen molar-refractivity contribution in [2.24, 2.45) is 7.05 Å². The Morgan fingerprint density at radius 2 is 1.97 bits per heavy atom. The van der Waals surface area contributed by atoms with Crippen LogP contribution in [0.25, 0.3) is 11.4 Å². The van der Waals surface area contributed by atoms with E-state index in [1.54, 1.807) is 43.7 Å². The number of benzene rings is 1. The number of urea groups is 1. The van der Waals surface area contributed by atoms with Gasteiger partial charge in [0.2, 0.25) is 0 Å². The first-order valence-electron chi connectivity index (χ1n) is 8.84. The first-order valence-corrected chi connectivity index (χ1v) is 8.84. The third kappa shape index (κ3) is 4.54. The van der Waals surface area contributed by atoms with Gasteiger partial charge >= 0.3 is 11.7 Å². The monoisotopic (exact) mass is 398 g/mol. The molecule has 0 unspecified atom stereocenters. The lowest BCUT2D eigenvalue weighted by Gasteiger charge is -2.11. The number of rotatable bonds is 7. The summed E-state index contributed by atoms with van der Waals surface area (Å²) < 4.78 is 13.1. The third-order valence-corrected chi connectivity index (χ3v) is 4.21. The molecule has 2 N–H and O–H groups in total. The maximum atomic E-state index is 12.3. The van der Waals surface area contributed by atoms with E-state index in [1.165, 1.54) is 23.5 Å². The van der Waals surface area contributed by atoms with Crippen LogP contribution in [-0.4, -0.2) is 46.1 Å². The lowest BCUT2D eigenvalue weighted by molar-refractivity contribution is 0.251. The highest BCUT2D eigenvalue weighted by molar-refractivity contribution is 5.89. The Morgan fingerprint density at radius 1 is 1.17 bits per heavy atom. The lowest BCUT2D eigenvalue weighted by Crippen LogP contribution is -2.34. The summed E-state index contributed by atoms with van der Waals surface area (Å²) in [6.45, 7) is 0.453. The van der Waals surface area contributed by atoms with E-state index < -0.39 is 6.03 Å². The van der Waals surface area contributed by atoms with Gasteiger partial charge in [0, 0.05) is 43.3 Å². The largest absolute Gasteiger partial charge is 0.493 e. The Bertz CT molecular complexity index is 1040. The van der Waals surface area contributed by atoms with Crippen LogP contribution in [0.5, 0.6) is 11.5 Å². The van der Waals surface area contributed by atoms with Crippen molar-refractivity contribution in [2.45, 2.75) is 6.54 Å². The molecule has 0 radical (unpaired) electrons. The zero-order valence-corrected chi connectivity index (χ0v) is 16.4. The molecule has 29 heavy (non-hydrogen) atoms. The van der Waals surface area contributed by atoms with Crippen LogP contribution in [-0.2, 0) is 13.6 Å². The van der Waals surface area contributed by atoms with E-state index in [0.29, 0.717) is 23.0 Å². The summed E-state index contributed by atoms with van der Waals surface area (Å²) in [5, 5.41) is 9.73. The Hall–Kier alpha value is -3.82. The molecule has 2 amide bonds. The number of nitrogens with zero attached hydrogens (tertiary/aromatic N) is 4. The second kappa shape index (κ2) is 8.91. The zero-order valence-electron chi connectivity index (χ0n) is 16.4. The van der Waals surface area contributed by atoms with E-state index in [2.05, 4.69) is 20.7 Å². The molecular weight excluding hydrogens is 376 g/mol. The van der Waals surface area contributed by atoms with Crippen LogP contribution >= 0.6 is 0 Å². The van der Waals surface area contributed by atoms with Gasteiger partial charge in [0.25, 0.3) is 0 Å². The van der Waals surface area contributed by atoms with Crippen LogP contribution < -0.4 is 25.8 Å². The number of aromatic nitrogens is 4. The summed E-state index contributed by atoms with van der Waals surface area (Å²) in [4.78, 5) is 28.5. The van der Waals surface area contributed by atoms with Gasteiger partial charge in [-0.1, -0.05) is 0 Å². The topological polar surface area (TPSA) is 112 Å². The van der Waals surface area contributed by atoms with Crippen LogP contribution in [0.3, 0.4) is 0 Å². The number of hydrogen-bond acceptors (Lipinski definition) is 6. The molecule has 0 saturated heterocycles. The highest BCUT2D eigenvalue weighted by Crippen LogP contribution is 2.29. The fraction of sp³-hybridized carbons (Fsp3) is 0.263. The second-order valence-electron chi connectivity index (χ2n) is 6.08. The van der Waals surface area contributed by atoms with E-state index in [-0.39, 0.29) is 18.8 Å². The van der Waals surface area contributed by atoms with Crippen molar-refractivity contribution in [2.75, 3.05) is 26.1 Å². The average molecular weight is 398 g/mol. The molecule has 152 valence electrons. The molecule has 3 aromatic rings. The van der Waals surface area contributed by atoms with Crippen LogP contribution in [0.15, 0.2) is 47.5 Å². The van der Waals surface area contributed by atoms with Crippen molar-refractivity contribution in [1.29, 1.82) is 0 Å². The molecule has 0 bridgehead atoms. The van der Waals surface area contributed by atoms with Gasteiger partial charge < -0.3 is 20.1 Å². The minimum absolute atomic E-state index is 0.225.